The second-order valence-electron chi connectivity index (χ2n) is 6.76. The van der Waals surface area contributed by atoms with Crippen LogP contribution in [0.3, 0.4) is 0 Å². The lowest BCUT2D eigenvalue weighted by Crippen LogP contribution is -2.57. The van der Waals surface area contributed by atoms with Gasteiger partial charge in [-0.1, -0.05) is 0 Å². The van der Waals surface area contributed by atoms with E-state index in [1.807, 2.05) is 22.9 Å². The Morgan fingerprint density at radius 2 is 1.56 bits per heavy atom. The van der Waals surface area contributed by atoms with Crippen molar-refractivity contribution in [2.24, 2.45) is 11.5 Å². The highest BCUT2D eigenvalue weighted by molar-refractivity contribution is 7.12. The topological polar surface area (TPSA) is 110 Å². The Morgan fingerprint density at radius 1 is 0.926 bits per heavy atom. The summed E-state index contributed by atoms with van der Waals surface area (Å²) in [5, 5.41) is 6.41. The van der Waals surface area contributed by atoms with Crippen molar-refractivity contribution in [3.05, 3.63) is 43.8 Å². The van der Waals surface area contributed by atoms with Crippen LogP contribution in [0.1, 0.15) is 63.4 Å². The van der Waals surface area contributed by atoms with Gasteiger partial charge in [0.25, 0.3) is 0 Å². The predicted molar refractivity (Wildman–Crippen MR) is 103 cm³/mol. The fourth-order valence-electron chi connectivity index (χ4n) is 4.14. The summed E-state index contributed by atoms with van der Waals surface area (Å²) in [4.78, 5) is 39.0. The lowest BCUT2D eigenvalue weighted by atomic mass is 9.91. The third-order valence-electron chi connectivity index (χ3n) is 5.25. The minimum absolute atomic E-state index is 0.0593. The maximum Gasteiger partial charge on any atom is 0.334 e. The molecule has 9 heteroatoms. The third-order valence-corrected chi connectivity index (χ3v) is 7.21. The van der Waals surface area contributed by atoms with Crippen molar-refractivity contribution in [2.75, 3.05) is 0 Å². The van der Waals surface area contributed by atoms with Crippen molar-refractivity contribution in [3.8, 4) is 0 Å². The lowest BCUT2D eigenvalue weighted by molar-refractivity contribution is -0.0195. The quantitative estimate of drug-likeness (QED) is 0.746. The molecule has 142 valence electrons. The molecule has 4 N–H and O–H groups in total. The Hall–Kier alpha value is -2.39. The second-order valence-corrected chi connectivity index (χ2v) is 8.67. The van der Waals surface area contributed by atoms with E-state index in [-0.39, 0.29) is 11.8 Å². The Morgan fingerprint density at radius 3 is 2.26 bits per heavy atom. The number of rotatable bonds is 2. The van der Waals surface area contributed by atoms with Crippen LogP contribution < -0.4 is 11.5 Å². The fraction of sp³-hybridized carbons (Fsp3) is 0.389. The maximum absolute atomic E-state index is 12.5. The third kappa shape index (κ3) is 3.00. The van der Waals surface area contributed by atoms with Gasteiger partial charge in [-0.25, -0.2) is 19.6 Å². The zero-order valence-electron chi connectivity index (χ0n) is 14.6. The van der Waals surface area contributed by atoms with Crippen LogP contribution in [0.15, 0.2) is 22.9 Å². The molecule has 0 bridgehead atoms. The maximum atomic E-state index is 12.5. The van der Waals surface area contributed by atoms with Crippen molar-refractivity contribution in [1.82, 2.24) is 10.0 Å². The summed E-state index contributed by atoms with van der Waals surface area (Å²) in [6.45, 7) is 0. The zero-order chi connectivity index (χ0) is 19.1. The first-order valence-corrected chi connectivity index (χ1v) is 10.6. The minimum atomic E-state index is -0.743. The number of hydrazine groups is 1. The number of primary amides is 2. The highest BCUT2D eigenvalue weighted by Crippen LogP contribution is 2.43. The number of ketones is 1. The number of nitrogens with zero attached hydrogens (tertiary/aromatic N) is 2. The summed E-state index contributed by atoms with van der Waals surface area (Å²) in [7, 11) is 0. The van der Waals surface area contributed by atoms with E-state index in [1.54, 1.807) is 11.3 Å². The van der Waals surface area contributed by atoms with E-state index in [1.165, 1.54) is 26.2 Å². The van der Waals surface area contributed by atoms with Gasteiger partial charge < -0.3 is 11.5 Å². The number of hydrogen-bond donors (Lipinski definition) is 2. The molecule has 0 aromatic carbocycles. The molecule has 2 aromatic rings. The van der Waals surface area contributed by atoms with Gasteiger partial charge in [-0.05, 0) is 59.7 Å². The van der Waals surface area contributed by atoms with Gasteiger partial charge in [0.15, 0.2) is 5.78 Å². The molecule has 0 aliphatic heterocycles. The molecule has 2 aliphatic rings. The Bertz CT molecular complexity index is 906. The average Bonchev–Trinajstić information content (AvgIpc) is 3.29. The average molecular weight is 405 g/mol. The van der Waals surface area contributed by atoms with Crippen molar-refractivity contribution in [3.63, 3.8) is 0 Å². The van der Waals surface area contributed by atoms with Gasteiger partial charge in [0.2, 0.25) is 0 Å². The van der Waals surface area contributed by atoms with Crippen LogP contribution in [0.5, 0.6) is 0 Å². The van der Waals surface area contributed by atoms with Crippen molar-refractivity contribution in [2.45, 2.75) is 44.2 Å². The monoisotopic (exact) mass is 404 g/mol. The second kappa shape index (κ2) is 6.97. The molecule has 0 saturated carbocycles. The van der Waals surface area contributed by atoms with Crippen LogP contribution in [0.25, 0.3) is 0 Å². The molecule has 0 fully saturated rings. The first kappa shape index (κ1) is 18.0. The number of hydrogen-bond acceptors (Lipinski definition) is 5. The van der Waals surface area contributed by atoms with Gasteiger partial charge >= 0.3 is 12.1 Å². The first-order valence-electron chi connectivity index (χ1n) is 8.83. The van der Waals surface area contributed by atoms with Gasteiger partial charge in [-0.2, -0.15) is 0 Å². The molecule has 4 rings (SSSR count). The van der Waals surface area contributed by atoms with Gasteiger partial charge in [0.1, 0.15) is 0 Å². The van der Waals surface area contributed by atoms with Gasteiger partial charge in [-0.3, -0.25) is 4.79 Å². The first-order chi connectivity index (χ1) is 13.0. The molecule has 2 aromatic heterocycles. The number of nitrogens with two attached hydrogens (primary N) is 2. The zero-order valence-corrected chi connectivity index (χ0v) is 16.2. The molecule has 0 radical (unpaired) electrons. The highest BCUT2D eigenvalue weighted by Gasteiger charge is 2.41. The molecule has 27 heavy (non-hydrogen) atoms. The largest absolute Gasteiger partial charge is 0.350 e. The summed E-state index contributed by atoms with van der Waals surface area (Å²) in [6.07, 6.45) is 3.29. The van der Waals surface area contributed by atoms with Crippen LogP contribution in [0, 0.1) is 0 Å². The summed E-state index contributed by atoms with van der Waals surface area (Å²) in [6, 6.07) is 1.55. The molecular formula is C18H20N4O3S2. The smallest absolute Gasteiger partial charge is 0.334 e. The number of urea groups is 2. The number of carbonyl (C=O) groups excluding carboxylic acids is 3. The van der Waals surface area contributed by atoms with Crippen molar-refractivity contribution >= 4 is 40.5 Å². The molecule has 4 amide bonds. The molecule has 2 aliphatic carbocycles. The summed E-state index contributed by atoms with van der Waals surface area (Å²) >= 11 is 3.00. The number of Topliss-reactive ketones (excluding diaryl/α,β-unsaturated/α-hetero) is 1. The molecule has 7 nitrogen and oxygen atoms in total. The van der Waals surface area contributed by atoms with Crippen molar-refractivity contribution < 1.29 is 14.4 Å². The summed E-state index contributed by atoms with van der Waals surface area (Å²) in [5.74, 6) is 0.0593. The normalized spacial score (nSPS) is 21.3. The van der Waals surface area contributed by atoms with E-state index >= 15 is 0 Å². The standard InChI is InChI=1S/C18H20N4O3S2/c19-17(24)21(12-2-1-3-15-10(12)6-8-26-15)22(18(20)25)13-4-5-14(23)16-11(13)7-9-27-16/h6-9,12-13H,1-5H2,(H2,19,24)(H2,20,25). The number of amides is 4. The number of fused-ring (bicyclic) bond motifs is 2. The Labute approximate surface area is 164 Å². The molecule has 2 heterocycles. The van der Waals surface area contributed by atoms with Gasteiger partial charge in [0, 0.05) is 11.3 Å². The van der Waals surface area contributed by atoms with E-state index in [4.69, 9.17) is 11.5 Å². The predicted octanol–water partition coefficient (Wildman–Crippen LogP) is 3.58. The molecule has 0 spiro atoms. The van der Waals surface area contributed by atoms with Gasteiger partial charge in [0.05, 0.1) is 17.0 Å². The molecule has 2 unspecified atom stereocenters. The highest BCUT2D eigenvalue weighted by atomic mass is 32.1. The number of carbonyl (C=O) groups is 3. The molecule has 0 saturated heterocycles. The molecular weight excluding hydrogens is 384 g/mol. The van der Waals surface area contributed by atoms with Crippen molar-refractivity contribution in [1.29, 1.82) is 0 Å². The van der Waals surface area contributed by atoms with E-state index in [0.717, 1.165) is 24.0 Å². The molecule has 2 atom stereocenters. The van der Waals surface area contributed by atoms with E-state index in [2.05, 4.69) is 0 Å². The van der Waals surface area contributed by atoms with Crippen LogP contribution in [0.4, 0.5) is 9.59 Å². The van der Waals surface area contributed by atoms with Crippen LogP contribution in [-0.2, 0) is 6.42 Å². The SMILES string of the molecule is NC(=O)N(C1CCCc2sccc21)N(C(N)=O)C1CCC(=O)c2sccc21. The van der Waals surface area contributed by atoms with Crippen LogP contribution in [0.2, 0.25) is 0 Å². The Kier molecular flexibility index (Phi) is 4.65. The summed E-state index contributed by atoms with van der Waals surface area (Å²) < 4.78 is 0. The Balaban J connectivity index is 1.77. The lowest BCUT2D eigenvalue weighted by Gasteiger charge is -2.44. The van der Waals surface area contributed by atoms with Crippen LogP contribution >= 0.6 is 22.7 Å². The van der Waals surface area contributed by atoms with E-state index in [0.29, 0.717) is 24.1 Å². The van der Waals surface area contributed by atoms with E-state index in [9.17, 15) is 14.4 Å². The fourth-order valence-corrected chi connectivity index (χ4v) is 6.04. The van der Waals surface area contributed by atoms with Crippen LogP contribution in [-0.4, -0.2) is 27.9 Å². The minimum Gasteiger partial charge on any atom is -0.350 e. The number of aryl methyl sites for hydroxylation is 1. The summed E-state index contributed by atoms with van der Waals surface area (Å²) in [5.41, 5.74) is 13.2. The van der Waals surface area contributed by atoms with E-state index < -0.39 is 18.1 Å². The number of thiophene rings is 2. The van der Waals surface area contributed by atoms with Gasteiger partial charge in [-0.15, -0.1) is 22.7 Å².